The molecule has 0 aromatic rings. The Bertz CT molecular complexity index is 359. The van der Waals surface area contributed by atoms with Crippen molar-refractivity contribution in [2.24, 2.45) is 5.41 Å². The fourth-order valence-electron chi connectivity index (χ4n) is 2.19. The van der Waals surface area contributed by atoms with Gasteiger partial charge in [-0.05, 0) is 39.5 Å². The van der Waals surface area contributed by atoms with Crippen molar-refractivity contribution in [2.75, 3.05) is 5.75 Å². The molecule has 0 aromatic heterocycles. The first-order valence-electron chi connectivity index (χ1n) is 6.00. The van der Waals surface area contributed by atoms with Crippen LogP contribution in [0.15, 0.2) is 0 Å². The Morgan fingerprint density at radius 3 is 2.38 bits per heavy atom. The lowest BCUT2D eigenvalue weighted by molar-refractivity contribution is 0.444. The summed E-state index contributed by atoms with van der Waals surface area (Å²) in [6.07, 6.45) is 5.05. The minimum atomic E-state index is -2.90. The Kier molecular flexibility index (Phi) is 4.37. The van der Waals surface area contributed by atoms with E-state index in [1.165, 1.54) is 0 Å². The average molecular weight is 243 g/mol. The first kappa shape index (κ1) is 13.5. The second-order valence-corrected chi connectivity index (χ2v) is 7.77. The van der Waals surface area contributed by atoms with Gasteiger partial charge in [-0.3, -0.25) is 0 Å². The molecule has 0 aromatic carbocycles. The summed E-state index contributed by atoms with van der Waals surface area (Å²) in [6, 6.07) is 2.20. The summed E-state index contributed by atoms with van der Waals surface area (Å²) in [4.78, 5) is 0. The molecule has 0 radical (unpaired) electrons. The molecule has 3 nitrogen and oxygen atoms in total. The molecular formula is C12H21NO2S. The largest absolute Gasteiger partial charge is 0.229 e. The highest BCUT2D eigenvalue weighted by molar-refractivity contribution is 7.92. The zero-order valence-electron chi connectivity index (χ0n) is 10.2. The lowest BCUT2D eigenvalue weighted by Gasteiger charge is -2.16. The van der Waals surface area contributed by atoms with Gasteiger partial charge in [0.15, 0.2) is 9.84 Å². The van der Waals surface area contributed by atoms with Crippen LogP contribution in [0.5, 0.6) is 0 Å². The third-order valence-electron chi connectivity index (χ3n) is 3.34. The number of hydrogen-bond donors (Lipinski definition) is 0. The number of sulfone groups is 1. The molecule has 0 aliphatic heterocycles. The molecule has 1 fully saturated rings. The quantitative estimate of drug-likeness (QED) is 0.746. The molecule has 1 saturated carbocycles. The first-order chi connectivity index (χ1) is 7.37. The molecule has 1 rings (SSSR count). The van der Waals surface area contributed by atoms with Crippen LogP contribution in [-0.4, -0.2) is 19.4 Å². The Morgan fingerprint density at radius 1 is 1.31 bits per heavy atom. The van der Waals surface area contributed by atoms with E-state index in [-0.39, 0.29) is 11.0 Å². The van der Waals surface area contributed by atoms with Gasteiger partial charge in [0.05, 0.1) is 22.5 Å². The van der Waals surface area contributed by atoms with Crippen molar-refractivity contribution >= 4 is 9.84 Å². The summed E-state index contributed by atoms with van der Waals surface area (Å²) in [5.74, 6) is 0.253. The third kappa shape index (κ3) is 3.79. The fraction of sp³-hybridized carbons (Fsp3) is 0.917. The van der Waals surface area contributed by atoms with E-state index in [9.17, 15) is 8.42 Å². The molecular weight excluding hydrogens is 222 g/mol. The molecule has 92 valence electrons. The van der Waals surface area contributed by atoms with Gasteiger partial charge in [0.1, 0.15) is 0 Å². The second kappa shape index (κ2) is 5.18. The summed E-state index contributed by atoms with van der Waals surface area (Å²) in [5, 5.41) is 8.74. The van der Waals surface area contributed by atoms with Crippen LogP contribution in [0.1, 0.15) is 52.4 Å². The first-order valence-corrected chi connectivity index (χ1v) is 7.72. The zero-order valence-corrected chi connectivity index (χ0v) is 11.0. The van der Waals surface area contributed by atoms with Crippen molar-refractivity contribution in [3.05, 3.63) is 0 Å². The lowest BCUT2D eigenvalue weighted by Crippen LogP contribution is -2.22. The molecule has 0 N–H and O–H groups in total. The van der Waals surface area contributed by atoms with Gasteiger partial charge in [-0.2, -0.15) is 5.26 Å². The molecule has 4 heteroatoms. The minimum Gasteiger partial charge on any atom is -0.229 e. The highest BCUT2D eigenvalue weighted by Crippen LogP contribution is 2.27. The summed E-state index contributed by atoms with van der Waals surface area (Å²) in [6.45, 7) is 3.71. The Morgan fingerprint density at radius 2 is 1.88 bits per heavy atom. The molecule has 0 bridgehead atoms. The van der Waals surface area contributed by atoms with Crippen LogP contribution in [0.25, 0.3) is 0 Å². The van der Waals surface area contributed by atoms with Crippen molar-refractivity contribution in [3.63, 3.8) is 0 Å². The number of nitriles is 1. The minimum absolute atomic E-state index is 0.0994. The smallest absolute Gasteiger partial charge is 0.153 e. The van der Waals surface area contributed by atoms with Gasteiger partial charge in [0, 0.05) is 0 Å². The molecule has 0 saturated heterocycles. The predicted molar refractivity (Wildman–Crippen MR) is 64.7 cm³/mol. The van der Waals surface area contributed by atoms with E-state index in [1.54, 1.807) is 0 Å². The van der Waals surface area contributed by atoms with E-state index in [0.29, 0.717) is 12.8 Å². The Balaban J connectivity index is 2.40. The van der Waals surface area contributed by atoms with Gasteiger partial charge in [0.2, 0.25) is 0 Å². The average Bonchev–Trinajstić information content (AvgIpc) is 2.70. The van der Waals surface area contributed by atoms with Crippen molar-refractivity contribution in [1.29, 1.82) is 5.26 Å². The molecule has 0 heterocycles. The van der Waals surface area contributed by atoms with E-state index in [4.69, 9.17) is 5.26 Å². The Hall–Kier alpha value is -0.560. The van der Waals surface area contributed by atoms with E-state index < -0.39 is 15.3 Å². The maximum Gasteiger partial charge on any atom is 0.153 e. The van der Waals surface area contributed by atoms with E-state index in [1.807, 2.05) is 13.8 Å². The highest BCUT2D eigenvalue weighted by atomic mass is 32.2. The monoisotopic (exact) mass is 243 g/mol. The summed E-state index contributed by atoms with van der Waals surface area (Å²) in [7, 11) is -2.90. The van der Waals surface area contributed by atoms with Crippen molar-refractivity contribution < 1.29 is 8.42 Å². The van der Waals surface area contributed by atoms with Gasteiger partial charge in [-0.1, -0.05) is 12.8 Å². The summed E-state index contributed by atoms with van der Waals surface area (Å²) >= 11 is 0. The maximum absolute atomic E-state index is 11.9. The molecule has 1 aliphatic rings. The van der Waals surface area contributed by atoms with E-state index in [2.05, 4.69) is 6.07 Å². The van der Waals surface area contributed by atoms with Crippen LogP contribution in [0, 0.1) is 16.7 Å². The van der Waals surface area contributed by atoms with E-state index >= 15 is 0 Å². The molecule has 0 spiro atoms. The Labute approximate surface area is 98.8 Å². The van der Waals surface area contributed by atoms with Crippen molar-refractivity contribution in [3.8, 4) is 6.07 Å². The number of hydrogen-bond acceptors (Lipinski definition) is 3. The van der Waals surface area contributed by atoms with Gasteiger partial charge in [-0.25, -0.2) is 8.42 Å². The van der Waals surface area contributed by atoms with Gasteiger partial charge in [0.25, 0.3) is 0 Å². The zero-order chi connectivity index (χ0) is 12.2. The molecule has 0 unspecified atom stereocenters. The van der Waals surface area contributed by atoms with Gasteiger partial charge < -0.3 is 0 Å². The summed E-state index contributed by atoms with van der Waals surface area (Å²) < 4.78 is 23.8. The topological polar surface area (TPSA) is 57.9 Å². The normalized spacial score (nSPS) is 18.6. The number of nitrogens with zero attached hydrogens (tertiary/aromatic N) is 1. The van der Waals surface area contributed by atoms with Crippen molar-refractivity contribution in [1.82, 2.24) is 0 Å². The van der Waals surface area contributed by atoms with Crippen LogP contribution in [-0.2, 0) is 9.84 Å². The second-order valence-electron chi connectivity index (χ2n) is 5.37. The van der Waals surface area contributed by atoms with Crippen LogP contribution in [0.3, 0.4) is 0 Å². The van der Waals surface area contributed by atoms with Gasteiger partial charge in [-0.15, -0.1) is 0 Å². The summed E-state index contributed by atoms with van der Waals surface area (Å²) in [5.41, 5.74) is -0.398. The van der Waals surface area contributed by atoms with E-state index in [0.717, 1.165) is 25.7 Å². The molecule has 0 amide bonds. The number of rotatable bonds is 5. The SMILES string of the molecule is CC(C)(C#N)CCCS(=O)(=O)C1CCCC1. The van der Waals surface area contributed by atoms with Crippen LogP contribution >= 0.6 is 0 Å². The maximum atomic E-state index is 11.9. The standard InChI is InChI=1S/C12H21NO2S/c1-12(2,10-13)8-5-9-16(14,15)11-6-3-4-7-11/h11H,3-9H2,1-2H3. The van der Waals surface area contributed by atoms with Crippen LogP contribution in [0.2, 0.25) is 0 Å². The van der Waals surface area contributed by atoms with Crippen LogP contribution < -0.4 is 0 Å². The molecule has 1 aliphatic carbocycles. The fourth-order valence-corrected chi connectivity index (χ4v) is 4.12. The van der Waals surface area contributed by atoms with Crippen molar-refractivity contribution in [2.45, 2.75) is 57.6 Å². The van der Waals surface area contributed by atoms with Gasteiger partial charge >= 0.3 is 0 Å². The molecule has 0 atom stereocenters. The lowest BCUT2D eigenvalue weighted by atomic mass is 9.90. The molecule has 16 heavy (non-hydrogen) atoms. The highest BCUT2D eigenvalue weighted by Gasteiger charge is 2.28. The van der Waals surface area contributed by atoms with Crippen LogP contribution in [0.4, 0.5) is 0 Å². The third-order valence-corrected chi connectivity index (χ3v) is 5.69. The predicted octanol–water partition coefficient (Wildman–Crippen LogP) is 2.67.